The Morgan fingerprint density at radius 2 is 1.62 bits per heavy atom. The highest BCUT2D eigenvalue weighted by molar-refractivity contribution is 14.1. The van der Waals surface area contributed by atoms with E-state index in [1.165, 1.54) is 14.3 Å². The first-order valence-electron chi connectivity index (χ1n) is 6.54. The summed E-state index contributed by atoms with van der Waals surface area (Å²) in [4.78, 5) is 11.6. The quantitative estimate of drug-likeness (QED) is 0.201. The minimum atomic E-state index is -0.398. The van der Waals surface area contributed by atoms with Crippen molar-refractivity contribution in [1.82, 2.24) is 0 Å². The zero-order valence-electron chi connectivity index (χ0n) is 11.5. The van der Waals surface area contributed by atoms with Gasteiger partial charge in [-0.1, -0.05) is 30.8 Å². The number of rotatable bonds is 2. The van der Waals surface area contributed by atoms with Gasteiger partial charge in [0.25, 0.3) is 0 Å². The fourth-order valence-corrected chi connectivity index (χ4v) is 2.79. The van der Waals surface area contributed by atoms with Crippen LogP contribution in [0.2, 0.25) is 0 Å². The van der Waals surface area contributed by atoms with E-state index in [-0.39, 0.29) is 0 Å². The van der Waals surface area contributed by atoms with Crippen molar-refractivity contribution in [3.8, 4) is 5.75 Å². The van der Waals surface area contributed by atoms with Crippen LogP contribution in [0.15, 0.2) is 60.7 Å². The highest BCUT2D eigenvalue weighted by Crippen LogP contribution is 2.29. The van der Waals surface area contributed by atoms with E-state index < -0.39 is 5.97 Å². The number of halogens is 1. The zero-order valence-corrected chi connectivity index (χ0v) is 13.7. The van der Waals surface area contributed by atoms with E-state index in [2.05, 4.69) is 53.4 Å². The van der Waals surface area contributed by atoms with Gasteiger partial charge in [-0.2, -0.15) is 0 Å². The fourth-order valence-electron chi connectivity index (χ4n) is 2.28. The summed E-state index contributed by atoms with van der Waals surface area (Å²) in [6, 6.07) is 16.2. The summed E-state index contributed by atoms with van der Waals surface area (Å²) >= 11 is 2.31. The molecule has 0 aromatic heterocycles. The molecule has 104 valence electrons. The molecule has 0 amide bonds. The molecule has 3 rings (SSSR count). The summed E-state index contributed by atoms with van der Waals surface area (Å²) in [7, 11) is 0. The molecule has 3 heteroatoms. The van der Waals surface area contributed by atoms with Gasteiger partial charge in [0.15, 0.2) is 0 Å². The molecule has 0 radical (unpaired) electrons. The number of ether oxygens (including phenoxy) is 1. The van der Waals surface area contributed by atoms with Crippen molar-refractivity contribution in [3.63, 3.8) is 0 Å². The molecular formula is C18H13IO2. The number of fused-ring (bicyclic) bond motifs is 3. The first-order chi connectivity index (χ1) is 10.0. The largest absolute Gasteiger partial charge is 0.423 e. The van der Waals surface area contributed by atoms with Crippen LogP contribution in [-0.2, 0) is 4.79 Å². The molecule has 3 aromatic rings. The van der Waals surface area contributed by atoms with E-state index in [1.54, 1.807) is 6.92 Å². The van der Waals surface area contributed by atoms with E-state index in [1.807, 2.05) is 24.3 Å². The van der Waals surface area contributed by atoms with E-state index in [9.17, 15) is 4.79 Å². The Labute approximate surface area is 136 Å². The Bertz CT molecular complexity index is 881. The summed E-state index contributed by atoms with van der Waals surface area (Å²) in [6.45, 7) is 5.22. The van der Waals surface area contributed by atoms with Crippen molar-refractivity contribution < 1.29 is 9.53 Å². The molecule has 0 saturated carbocycles. The summed E-state index contributed by atoms with van der Waals surface area (Å²) < 4.78 is 6.49. The van der Waals surface area contributed by atoms with E-state index in [0.29, 0.717) is 11.3 Å². The molecule has 0 spiro atoms. The normalized spacial score (nSPS) is 10.8. The molecule has 0 aliphatic heterocycles. The van der Waals surface area contributed by atoms with Gasteiger partial charge >= 0.3 is 5.97 Å². The maximum atomic E-state index is 11.6. The fraction of sp³-hybridized carbons (Fsp3) is 0.0556. The average Bonchev–Trinajstić information content (AvgIpc) is 2.46. The summed E-state index contributed by atoms with van der Waals surface area (Å²) in [6.07, 6.45) is 0. The first-order valence-corrected chi connectivity index (χ1v) is 7.62. The second kappa shape index (κ2) is 5.48. The SMILES string of the molecule is C=C(C)C(=O)Oc1ccc2c(ccc3cc(I)ccc32)c1. The second-order valence-corrected chi connectivity index (χ2v) is 6.23. The molecule has 0 bridgehead atoms. The first kappa shape index (κ1) is 14.1. The minimum Gasteiger partial charge on any atom is -0.423 e. The number of carbonyl (C=O) groups is 1. The summed E-state index contributed by atoms with van der Waals surface area (Å²) in [5, 5.41) is 4.61. The van der Waals surface area contributed by atoms with Crippen molar-refractivity contribution in [3.05, 3.63) is 64.3 Å². The van der Waals surface area contributed by atoms with Gasteiger partial charge in [-0.05, 0) is 75.3 Å². The van der Waals surface area contributed by atoms with Gasteiger partial charge in [0.2, 0.25) is 0 Å². The molecule has 21 heavy (non-hydrogen) atoms. The molecule has 0 saturated heterocycles. The summed E-state index contributed by atoms with van der Waals surface area (Å²) in [5.41, 5.74) is 0.392. The average molecular weight is 388 g/mol. The molecule has 0 heterocycles. The van der Waals surface area contributed by atoms with Crippen LogP contribution < -0.4 is 4.74 Å². The van der Waals surface area contributed by atoms with E-state index in [0.717, 1.165) is 10.8 Å². The molecule has 0 atom stereocenters. The molecule has 0 aliphatic carbocycles. The highest BCUT2D eigenvalue weighted by atomic mass is 127. The van der Waals surface area contributed by atoms with Gasteiger partial charge in [-0.15, -0.1) is 0 Å². The molecular weight excluding hydrogens is 375 g/mol. The lowest BCUT2D eigenvalue weighted by atomic mass is 10.0. The van der Waals surface area contributed by atoms with E-state index in [4.69, 9.17) is 4.74 Å². The van der Waals surface area contributed by atoms with Gasteiger partial charge in [-0.3, -0.25) is 0 Å². The third kappa shape index (κ3) is 2.78. The lowest BCUT2D eigenvalue weighted by Gasteiger charge is -2.08. The Morgan fingerprint density at radius 1 is 1.00 bits per heavy atom. The van der Waals surface area contributed by atoms with Crippen molar-refractivity contribution in [2.24, 2.45) is 0 Å². The standard InChI is InChI=1S/C18H13IO2/c1-11(2)18(20)21-15-6-8-17-13(10-15)4-3-12-9-14(19)5-7-16(12)17/h3-10H,1H2,2H3. The molecule has 2 nitrogen and oxygen atoms in total. The van der Waals surface area contributed by atoms with Crippen molar-refractivity contribution in [1.29, 1.82) is 0 Å². The Balaban J connectivity index is 2.11. The van der Waals surface area contributed by atoms with Gasteiger partial charge in [0, 0.05) is 9.14 Å². The number of carbonyl (C=O) groups excluding carboxylic acids is 1. The van der Waals surface area contributed by atoms with Gasteiger partial charge < -0.3 is 4.74 Å². The Kier molecular flexibility index (Phi) is 3.68. The van der Waals surface area contributed by atoms with Crippen LogP contribution in [0, 0.1) is 3.57 Å². The molecule has 3 aromatic carbocycles. The number of esters is 1. The maximum absolute atomic E-state index is 11.6. The third-order valence-corrected chi connectivity index (χ3v) is 4.00. The molecule has 0 N–H and O–H groups in total. The monoisotopic (exact) mass is 388 g/mol. The summed E-state index contributed by atoms with van der Waals surface area (Å²) in [5.74, 6) is 0.144. The molecule has 0 fully saturated rings. The predicted molar refractivity (Wildman–Crippen MR) is 94.6 cm³/mol. The van der Waals surface area contributed by atoms with Crippen molar-refractivity contribution in [2.45, 2.75) is 6.92 Å². The Hall–Kier alpha value is -1.88. The molecule has 0 aliphatic rings. The number of hydrogen-bond acceptors (Lipinski definition) is 2. The third-order valence-electron chi connectivity index (χ3n) is 3.33. The topological polar surface area (TPSA) is 26.3 Å². The van der Waals surface area contributed by atoms with Gasteiger partial charge in [0.1, 0.15) is 5.75 Å². The number of benzene rings is 3. The van der Waals surface area contributed by atoms with Crippen molar-refractivity contribution in [2.75, 3.05) is 0 Å². The lowest BCUT2D eigenvalue weighted by Crippen LogP contribution is -2.07. The van der Waals surface area contributed by atoms with Crippen LogP contribution in [0.3, 0.4) is 0 Å². The highest BCUT2D eigenvalue weighted by Gasteiger charge is 2.07. The van der Waals surface area contributed by atoms with Crippen LogP contribution in [0.5, 0.6) is 5.75 Å². The maximum Gasteiger partial charge on any atom is 0.338 e. The zero-order chi connectivity index (χ0) is 15.0. The predicted octanol–water partition coefficient (Wildman–Crippen LogP) is 5.08. The lowest BCUT2D eigenvalue weighted by molar-refractivity contribution is -0.130. The molecule has 0 unspecified atom stereocenters. The van der Waals surface area contributed by atoms with Gasteiger partial charge in [0.05, 0.1) is 0 Å². The number of hydrogen-bond donors (Lipinski definition) is 0. The van der Waals surface area contributed by atoms with E-state index >= 15 is 0 Å². The van der Waals surface area contributed by atoms with Crippen molar-refractivity contribution >= 4 is 50.1 Å². The van der Waals surface area contributed by atoms with Crippen LogP contribution >= 0.6 is 22.6 Å². The smallest absolute Gasteiger partial charge is 0.338 e. The minimum absolute atomic E-state index is 0.392. The van der Waals surface area contributed by atoms with Crippen LogP contribution in [0.1, 0.15) is 6.92 Å². The van der Waals surface area contributed by atoms with Crippen LogP contribution in [0.25, 0.3) is 21.5 Å². The van der Waals surface area contributed by atoms with Gasteiger partial charge in [-0.25, -0.2) is 4.79 Å². The van der Waals surface area contributed by atoms with Crippen LogP contribution in [-0.4, -0.2) is 5.97 Å². The van der Waals surface area contributed by atoms with Crippen LogP contribution in [0.4, 0.5) is 0 Å². The Morgan fingerprint density at radius 3 is 2.29 bits per heavy atom. The second-order valence-electron chi connectivity index (χ2n) is 4.98.